The fourth-order valence-corrected chi connectivity index (χ4v) is 17.4. The lowest BCUT2D eigenvalue weighted by Gasteiger charge is -2.50. The zero-order chi connectivity index (χ0) is 97.4. The van der Waals surface area contributed by atoms with Gasteiger partial charge in [-0.2, -0.15) is 0 Å². The Balaban J connectivity index is 0.602. The number of ether oxygens (including phenoxy) is 23. The molecule has 12 aliphatic rings. The highest BCUT2D eigenvalue weighted by atomic mass is 16.8. The Morgan fingerprint density at radius 3 is 0.346 bits per heavy atom. The summed E-state index contributed by atoms with van der Waals surface area (Å²) in [5, 5.41) is 413. The number of hydrogen-bond acceptors (Lipinski definition) is 61. The van der Waals surface area contributed by atoms with Crippen molar-refractivity contribution >= 4 is 0 Å². The number of rotatable bonds is 34. The second kappa shape index (κ2) is 47.4. The van der Waals surface area contributed by atoms with E-state index in [1.54, 1.807) is 0 Å². The minimum Gasteiger partial charge on any atom is -0.394 e. The molecule has 776 valence electrons. The van der Waals surface area contributed by atoms with E-state index in [9.17, 15) is 194 Å². The Bertz CT molecular complexity index is 3340. The maximum atomic E-state index is 11.6. The molecule has 0 aliphatic carbocycles. The van der Waals surface area contributed by atoms with Crippen molar-refractivity contribution in [1.29, 1.82) is 0 Å². The zero-order valence-electron chi connectivity index (χ0n) is 69.5. The van der Waals surface area contributed by atoms with Crippen molar-refractivity contribution in [1.82, 2.24) is 0 Å². The van der Waals surface area contributed by atoms with Crippen LogP contribution >= 0.6 is 0 Å². The number of hydrogen-bond donors (Lipinski definition) is 38. The van der Waals surface area contributed by atoms with E-state index in [-0.39, 0.29) is 0 Å². The highest BCUT2D eigenvalue weighted by Gasteiger charge is 2.63. The van der Waals surface area contributed by atoms with Crippen LogP contribution in [0.3, 0.4) is 0 Å². The molecule has 38 N–H and O–H groups in total. The molecule has 133 heavy (non-hydrogen) atoms. The zero-order valence-corrected chi connectivity index (χ0v) is 69.5. The van der Waals surface area contributed by atoms with Gasteiger partial charge in [0.25, 0.3) is 0 Å². The van der Waals surface area contributed by atoms with Crippen molar-refractivity contribution in [2.24, 2.45) is 0 Å². The first-order chi connectivity index (χ1) is 63.2. The van der Waals surface area contributed by atoms with Gasteiger partial charge in [-0.3, -0.25) is 0 Å². The van der Waals surface area contributed by atoms with Crippen molar-refractivity contribution in [2.45, 2.75) is 368 Å². The quantitative estimate of drug-likeness (QED) is 0.0284. The summed E-state index contributed by atoms with van der Waals surface area (Å²) in [6.45, 7) is -13.1. The van der Waals surface area contributed by atoms with Gasteiger partial charge in [0.1, 0.15) is 293 Å². The first-order valence-corrected chi connectivity index (χ1v) is 42.2. The third-order valence-electron chi connectivity index (χ3n) is 25.1. The van der Waals surface area contributed by atoms with Crippen LogP contribution in [0, 0.1) is 0 Å². The standard InChI is InChI=1S/C72H122O61/c73-1-13-25(85)26(86)39(99)62(112-13)124-51-15(3-75)114-64(41(101)28(51)88)126-53-17(5-77)116-66(43(103)30(53)90)128-55-19(7-79)118-68(45(105)32(55)92)130-57-21(9-81)120-70(47(107)34(57)94)132-59-23(11-83)122-72(49(109)36(59)96)133-60-24(12-84)121-71(48(108)37(60)97)131-58-22(10-82)119-69(46(106)35(58)95)129-56-20(8-80)117-67(44(104)33(56)93)127-54-18(6-78)115-65(42(102)31(54)91)125-52-16(4-76)113-63(40(100)29(52)89)123-50-14(2-74)111-61(110)38(98)27(50)87/h13-110H,1-12H2/t13-,14-,15-,16-,17-,18-,19-,20-,21-,22-,23-,24-,25-,26+,27-,28-,29-,30-,31-,32-,33-,34-,35-,36-,37-,38-,39-,40-,41-,42-,43-,44-,45-,46-,47-,48-,49-,50-,51-,52-,53-,54-,55-,56-,57-,58-,59-,60-,61?,62+,63+,64+,65+,66+,67+,68+,69+,70+,71+,72+/m1/s1. The predicted molar refractivity (Wildman–Crippen MR) is 395 cm³/mol. The summed E-state index contributed by atoms with van der Waals surface area (Å²) in [4.78, 5) is 0. The van der Waals surface area contributed by atoms with Crippen LogP contribution in [0.5, 0.6) is 0 Å². The summed E-state index contributed by atoms with van der Waals surface area (Å²) in [5.74, 6) is 0. The van der Waals surface area contributed by atoms with E-state index in [4.69, 9.17) is 109 Å². The number of aliphatic hydroxyl groups excluding tert-OH is 38. The Hall–Kier alpha value is -2.44. The number of aliphatic hydroxyl groups is 38. The van der Waals surface area contributed by atoms with Crippen molar-refractivity contribution in [3.63, 3.8) is 0 Å². The monoisotopic (exact) mass is 1960 g/mol. The van der Waals surface area contributed by atoms with Crippen molar-refractivity contribution < 1.29 is 303 Å². The summed E-state index contributed by atoms with van der Waals surface area (Å²) in [6, 6.07) is 0. The summed E-state index contributed by atoms with van der Waals surface area (Å²) in [6.07, 6.45) is -123. The van der Waals surface area contributed by atoms with Crippen LogP contribution < -0.4 is 0 Å². The van der Waals surface area contributed by atoms with Gasteiger partial charge in [-0.25, -0.2) is 0 Å². The molecule has 0 aromatic carbocycles. The highest BCUT2D eigenvalue weighted by molar-refractivity contribution is 5.05. The van der Waals surface area contributed by atoms with E-state index >= 15 is 0 Å². The fraction of sp³-hybridized carbons (Fsp3) is 1.00. The summed E-state index contributed by atoms with van der Waals surface area (Å²) < 4.78 is 129. The Morgan fingerprint density at radius 2 is 0.218 bits per heavy atom. The van der Waals surface area contributed by atoms with Gasteiger partial charge in [-0.1, -0.05) is 0 Å². The van der Waals surface area contributed by atoms with Crippen LogP contribution in [0.1, 0.15) is 0 Å². The molecule has 0 amide bonds. The largest absolute Gasteiger partial charge is 0.394 e. The van der Waals surface area contributed by atoms with Gasteiger partial charge in [-0.05, 0) is 0 Å². The van der Waals surface area contributed by atoms with Crippen LogP contribution in [0.2, 0.25) is 0 Å². The first-order valence-electron chi connectivity index (χ1n) is 42.2. The maximum Gasteiger partial charge on any atom is 0.187 e. The molecule has 12 saturated heterocycles. The van der Waals surface area contributed by atoms with E-state index < -0.39 is 448 Å². The van der Waals surface area contributed by atoms with Crippen LogP contribution in [-0.4, -0.2) is 642 Å². The van der Waals surface area contributed by atoms with Gasteiger partial charge in [-0.15, -0.1) is 0 Å². The summed E-state index contributed by atoms with van der Waals surface area (Å²) in [7, 11) is 0. The minimum absolute atomic E-state index is 0.879. The Kier molecular flexibility index (Phi) is 39.0. The lowest BCUT2D eigenvalue weighted by Crippen LogP contribution is -2.69. The smallest absolute Gasteiger partial charge is 0.187 e. The molecule has 0 aromatic heterocycles. The predicted octanol–water partition coefficient (Wildman–Crippen LogP) is -27.2. The molecule has 12 fully saturated rings. The molecule has 0 radical (unpaired) electrons. The summed E-state index contributed by atoms with van der Waals surface area (Å²) in [5.41, 5.74) is 0. The van der Waals surface area contributed by atoms with E-state index in [0.717, 1.165) is 0 Å². The van der Waals surface area contributed by atoms with Crippen LogP contribution in [0.15, 0.2) is 0 Å². The van der Waals surface area contributed by atoms with Gasteiger partial charge < -0.3 is 303 Å². The lowest BCUT2D eigenvalue weighted by molar-refractivity contribution is -0.401. The summed E-state index contributed by atoms with van der Waals surface area (Å²) >= 11 is 0. The average Bonchev–Trinajstić information content (AvgIpc) is 0.745. The average molecular weight is 1960 g/mol. The Labute approximate surface area is 748 Å². The van der Waals surface area contributed by atoms with Gasteiger partial charge in [0.15, 0.2) is 75.5 Å². The van der Waals surface area contributed by atoms with E-state index in [1.807, 2.05) is 0 Å². The van der Waals surface area contributed by atoms with E-state index in [0.29, 0.717) is 0 Å². The molecular formula is C72H122O61. The van der Waals surface area contributed by atoms with E-state index in [1.165, 1.54) is 0 Å². The minimum atomic E-state index is -2.36. The van der Waals surface area contributed by atoms with Crippen molar-refractivity contribution in [3.8, 4) is 0 Å². The van der Waals surface area contributed by atoms with Gasteiger partial charge >= 0.3 is 0 Å². The highest BCUT2D eigenvalue weighted by Crippen LogP contribution is 2.43. The normalized spacial score (nSPS) is 53.8. The van der Waals surface area contributed by atoms with E-state index in [2.05, 4.69) is 0 Å². The topological polar surface area (TPSA) is 981 Å². The van der Waals surface area contributed by atoms with Gasteiger partial charge in [0.2, 0.25) is 0 Å². The van der Waals surface area contributed by atoms with Gasteiger partial charge in [0, 0.05) is 0 Å². The van der Waals surface area contributed by atoms with Crippen LogP contribution in [0.25, 0.3) is 0 Å². The molecule has 12 rings (SSSR count). The Morgan fingerprint density at radius 1 is 0.113 bits per heavy atom. The molecule has 0 aromatic rings. The SMILES string of the molecule is OC[C@H]1O[C@@H](O[C@H]2[C@H](O)[C@@H](O)[C@H](O[C@H]3[C@H](O)[C@@H](O)[C@H](O[C@H]4[C@H](O)[C@@H](O)[C@H](O[C@H]5[C@H](O)[C@@H](O)[C@H](O[C@H]6[C@H](O)[C@@H](O)[C@H](O[C@H]7[C@H](O)[C@@H](O)[C@H](O[C@H]8[C@H](O)[C@@H](O)[C@H](O[C@H]9[C@H](O)[C@@H](O)[C@H](O[C@H]%10[C@H](O)[C@@H](O)[C@H](O[C@H]%11[C@H](O)[C@@H](O)[C@H](O[C@H]%12[C@H](O)[C@@H](O)C(O)O[C@@H]%12CO)O[C@@H]%11CO)O[C@@H]%10CO)O[C@@H]9CO)O[C@@H]8CO)O[C@@H]7CO)O[C@@H]6CO)O[C@@H]5CO)O[C@@H]4CO)O[C@@H]3CO)O[C@@H]2CO)[C@H](O)[C@@H](O)[C@@H]1O. The second-order valence-corrected chi connectivity index (χ2v) is 33.6. The molecule has 0 bridgehead atoms. The lowest BCUT2D eigenvalue weighted by atomic mass is 9.95. The van der Waals surface area contributed by atoms with Gasteiger partial charge in [0.05, 0.1) is 79.3 Å². The molecule has 61 heteroatoms. The molecule has 1 unspecified atom stereocenters. The third-order valence-corrected chi connectivity index (χ3v) is 25.1. The third kappa shape index (κ3) is 22.6. The van der Waals surface area contributed by atoms with Crippen molar-refractivity contribution in [2.75, 3.05) is 79.3 Å². The fourth-order valence-electron chi connectivity index (χ4n) is 17.4. The molecule has 0 saturated carbocycles. The van der Waals surface area contributed by atoms with Crippen molar-refractivity contribution in [3.05, 3.63) is 0 Å². The molecule has 61 nitrogen and oxygen atoms in total. The molecule has 0 spiro atoms. The second-order valence-electron chi connectivity index (χ2n) is 33.6. The molecule has 60 atom stereocenters. The molecular weight excluding hydrogens is 1840 g/mol. The van der Waals surface area contributed by atoms with Crippen LogP contribution in [-0.2, 0) is 109 Å². The maximum absolute atomic E-state index is 11.6. The first kappa shape index (κ1) is 109. The molecule has 12 aliphatic heterocycles. The molecule has 12 heterocycles. The van der Waals surface area contributed by atoms with Crippen LogP contribution in [0.4, 0.5) is 0 Å².